The average Bonchev–Trinajstić information content (AvgIpc) is 2.27. The highest BCUT2D eigenvalue weighted by Gasteiger charge is 2.33. The van der Waals surface area contributed by atoms with Gasteiger partial charge in [-0.15, -0.1) is 0 Å². The van der Waals surface area contributed by atoms with Gasteiger partial charge in [-0.1, -0.05) is 0 Å². The number of rotatable bonds is 6. The van der Waals surface area contributed by atoms with Gasteiger partial charge < -0.3 is 19.2 Å². The molecule has 0 amide bonds. The van der Waals surface area contributed by atoms with Crippen LogP contribution < -0.4 is 0 Å². The number of carbonyl (C=O) groups excluding carboxylic acids is 1. The van der Waals surface area contributed by atoms with Crippen LogP contribution in [0, 0.1) is 5.41 Å². The molecule has 1 rings (SSSR count). The van der Waals surface area contributed by atoms with E-state index in [0.29, 0.717) is 13.2 Å². The minimum absolute atomic E-state index is 0.291. The van der Waals surface area contributed by atoms with Gasteiger partial charge in [-0.2, -0.15) is 0 Å². The highest BCUT2D eigenvalue weighted by atomic mass is 16.5. The topological polar surface area (TPSA) is 38.8 Å². The molecule has 0 bridgehead atoms. The van der Waals surface area contributed by atoms with E-state index < -0.39 is 0 Å². The summed E-state index contributed by atoms with van der Waals surface area (Å²) in [6, 6.07) is 0. The van der Waals surface area contributed by atoms with Crippen molar-refractivity contribution in [1.29, 1.82) is 0 Å². The summed E-state index contributed by atoms with van der Waals surface area (Å²) in [6.07, 6.45) is 2.99. The first-order valence-electron chi connectivity index (χ1n) is 5.44. The molecule has 1 fully saturated rings. The van der Waals surface area contributed by atoms with E-state index in [4.69, 9.17) is 9.47 Å². The van der Waals surface area contributed by atoms with Crippen LogP contribution in [0.1, 0.15) is 12.8 Å². The molecule has 4 heteroatoms. The van der Waals surface area contributed by atoms with Crippen molar-refractivity contribution >= 4 is 6.29 Å². The first-order chi connectivity index (χ1) is 7.22. The smallest absolute Gasteiger partial charge is 0.129 e. The maximum absolute atomic E-state index is 11.2. The molecule has 88 valence electrons. The number of methoxy groups -OCH3 is 1. The molecule has 4 nitrogen and oxygen atoms in total. The molecule has 0 aromatic carbocycles. The van der Waals surface area contributed by atoms with Gasteiger partial charge in [0.15, 0.2) is 0 Å². The summed E-state index contributed by atoms with van der Waals surface area (Å²) in [5.74, 6) is 0. The van der Waals surface area contributed by atoms with Gasteiger partial charge in [-0.05, 0) is 19.9 Å². The lowest BCUT2D eigenvalue weighted by Crippen LogP contribution is -2.43. The predicted molar refractivity (Wildman–Crippen MR) is 57.9 cm³/mol. The maximum atomic E-state index is 11.2. The van der Waals surface area contributed by atoms with Gasteiger partial charge >= 0.3 is 0 Å². The summed E-state index contributed by atoms with van der Waals surface area (Å²) < 4.78 is 10.4. The van der Waals surface area contributed by atoms with Crippen LogP contribution in [0.25, 0.3) is 0 Å². The fourth-order valence-electron chi connectivity index (χ4n) is 1.99. The quantitative estimate of drug-likeness (QED) is 0.607. The van der Waals surface area contributed by atoms with Crippen molar-refractivity contribution in [3.63, 3.8) is 0 Å². The lowest BCUT2D eigenvalue weighted by Gasteiger charge is -2.35. The van der Waals surface area contributed by atoms with Crippen LogP contribution in [-0.4, -0.2) is 58.3 Å². The number of likely N-dealkylation sites (N-methyl/N-ethyl adjacent to an activating group) is 1. The Bertz CT molecular complexity index is 190. The van der Waals surface area contributed by atoms with Gasteiger partial charge in [-0.25, -0.2) is 0 Å². The highest BCUT2D eigenvalue weighted by Crippen LogP contribution is 2.26. The second-order valence-corrected chi connectivity index (χ2v) is 4.37. The van der Waals surface area contributed by atoms with Gasteiger partial charge in [0.25, 0.3) is 0 Å². The summed E-state index contributed by atoms with van der Waals surface area (Å²) in [5, 5.41) is 0. The van der Waals surface area contributed by atoms with Crippen LogP contribution in [-0.2, 0) is 14.3 Å². The van der Waals surface area contributed by atoms with E-state index in [2.05, 4.69) is 4.90 Å². The third-order valence-corrected chi connectivity index (χ3v) is 2.86. The van der Waals surface area contributed by atoms with Crippen molar-refractivity contribution in [2.45, 2.75) is 12.8 Å². The van der Waals surface area contributed by atoms with E-state index in [-0.39, 0.29) is 5.41 Å². The molecule has 15 heavy (non-hydrogen) atoms. The number of hydrogen-bond donors (Lipinski definition) is 0. The van der Waals surface area contributed by atoms with Gasteiger partial charge in [-0.3, -0.25) is 0 Å². The Balaban J connectivity index is 2.40. The molecule has 0 saturated carbocycles. The summed E-state index contributed by atoms with van der Waals surface area (Å²) in [7, 11) is 3.70. The third kappa shape index (κ3) is 3.89. The SMILES string of the molecule is COCCN(C)CC1(C=O)CCCOC1. The van der Waals surface area contributed by atoms with Crippen molar-refractivity contribution in [3.05, 3.63) is 0 Å². The lowest BCUT2D eigenvalue weighted by molar-refractivity contribution is -0.125. The van der Waals surface area contributed by atoms with Gasteiger partial charge in [0.05, 0.1) is 18.6 Å². The predicted octanol–water partition coefficient (Wildman–Crippen LogP) is 0.560. The van der Waals surface area contributed by atoms with Crippen LogP contribution >= 0.6 is 0 Å². The van der Waals surface area contributed by atoms with E-state index in [1.165, 1.54) is 0 Å². The van der Waals surface area contributed by atoms with Crippen molar-refractivity contribution in [1.82, 2.24) is 4.90 Å². The molecule has 1 atom stereocenters. The Morgan fingerprint density at radius 2 is 2.40 bits per heavy atom. The van der Waals surface area contributed by atoms with E-state index in [0.717, 1.165) is 38.8 Å². The zero-order valence-electron chi connectivity index (χ0n) is 9.70. The molecule has 0 N–H and O–H groups in total. The Labute approximate surface area is 91.5 Å². The molecular formula is C11H21NO3. The number of nitrogens with zero attached hydrogens (tertiary/aromatic N) is 1. The van der Waals surface area contributed by atoms with Crippen molar-refractivity contribution in [2.75, 3.05) is 47.1 Å². The Morgan fingerprint density at radius 1 is 1.60 bits per heavy atom. The molecule has 1 heterocycles. The van der Waals surface area contributed by atoms with Crippen LogP contribution in [0.4, 0.5) is 0 Å². The first kappa shape index (κ1) is 12.6. The van der Waals surface area contributed by atoms with Crippen LogP contribution in [0.5, 0.6) is 0 Å². The molecule has 0 aromatic heterocycles. The Hall–Kier alpha value is -0.450. The third-order valence-electron chi connectivity index (χ3n) is 2.86. The zero-order chi connectivity index (χ0) is 11.1. The van der Waals surface area contributed by atoms with Crippen LogP contribution in [0.2, 0.25) is 0 Å². The summed E-state index contributed by atoms with van der Waals surface area (Å²) in [6.45, 7) is 3.67. The maximum Gasteiger partial charge on any atom is 0.129 e. The molecular weight excluding hydrogens is 194 g/mol. The highest BCUT2D eigenvalue weighted by molar-refractivity contribution is 5.60. The monoisotopic (exact) mass is 215 g/mol. The number of aldehydes is 1. The zero-order valence-corrected chi connectivity index (χ0v) is 9.70. The average molecular weight is 215 g/mol. The molecule has 0 spiro atoms. The van der Waals surface area contributed by atoms with Crippen molar-refractivity contribution in [3.8, 4) is 0 Å². The van der Waals surface area contributed by atoms with E-state index in [1.807, 2.05) is 7.05 Å². The van der Waals surface area contributed by atoms with Crippen LogP contribution in [0.3, 0.4) is 0 Å². The van der Waals surface area contributed by atoms with Crippen molar-refractivity contribution < 1.29 is 14.3 Å². The summed E-state index contributed by atoms with van der Waals surface area (Å²) in [4.78, 5) is 13.3. The Kier molecular flexibility index (Phi) is 5.22. The van der Waals surface area contributed by atoms with E-state index in [1.54, 1.807) is 7.11 Å². The van der Waals surface area contributed by atoms with E-state index in [9.17, 15) is 4.79 Å². The molecule has 0 aromatic rings. The summed E-state index contributed by atoms with van der Waals surface area (Å²) in [5.41, 5.74) is -0.291. The van der Waals surface area contributed by atoms with Gasteiger partial charge in [0.1, 0.15) is 6.29 Å². The fraction of sp³-hybridized carbons (Fsp3) is 0.909. The molecule has 1 aliphatic rings. The summed E-state index contributed by atoms with van der Waals surface area (Å²) >= 11 is 0. The first-order valence-corrected chi connectivity index (χ1v) is 5.44. The standard InChI is InChI=1S/C11H21NO3/c1-12(5-7-14-2)8-11(9-13)4-3-6-15-10-11/h9H,3-8,10H2,1-2H3. The fourth-order valence-corrected chi connectivity index (χ4v) is 1.99. The van der Waals surface area contributed by atoms with Crippen LogP contribution in [0.15, 0.2) is 0 Å². The number of carbonyl (C=O) groups is 1. The van der Waals surface area contributed by atoms with Gasteiger partial charge in [0, 0.05) is 26.8 Å². The normalized spacial score (nSPS) is 26.9. The minimum atomic E-state index is -0.291. The largest absolute Gasteiger partial charge is 0.383 e. The minimum Gasteiger partial charge on any atom is -0.383 e. The molecule has 1 unspecified atom stereocenters. The molecule has 1 aliphatic heterocycles. The number of hydrogen-bond acceptors (Lipinski definition) is 4. The Morgan fingerprint density at radius 3 is 2.93 bits per heavy atom. The van der Waals surface area contributed by atoms with E-state index >= 15 is 0 Å². The lowest BCUT2D eigenvalue weighted by atomic mass is 9.83. The molecule has 0 aliphatic carbocycles. The van der Waals surface area contributed by atoms with Gasteiger partial charge in [0.2, 0.25) is 0 Å². The second kappa shape index (κ2) is 6.20. The van der Waals surface area contributed by atoms with Crippen molar-refractivity contribution in [2.24, 2.45) is 5.41 Å². The molecule has 0 radical (unpaired) electrons. The second-order valence-electron chi connectivity index (χ2n) is 4.37. The number of ether oxygens (including phenoxy) is 2. The molecule has 1 saturated heterocycles.